The molecule has 0 unspecified atom stereocenters. The Hall–Kier alpha value is -1.70. The number of carbonyl (C=O) groups excluding carboxylic acids is 1. The standard InChI is InChI=1S/C13H18N4O3S.Cu/c1-21-5-4-10(12(19)20)16-7-8-6-9(17-13(14)15)2-3-11(8)18;/h2-3,6-7,10,18H,4-5H2,1H3,(H,19,20)(H4,14,15,17);/q;+2/p-2/t10-;/m0./s1. The van der Waals surface area contributed by atoms with Crippen molar-refractivity contribution in [3.05, 3.63) is 23.8 Å². The molecule has 4 N–H and O–H groups in total. The van der Waals surface area contributed by atoms with Gasteiger partial charge in [-0.3, -0.25) is 4.99 Å². The molecule has 0 aliphatic carbocycles. The number of carbonyl (C=O) groups is 1. The van der Waals surface area contributed by atoms with Crippen LogP contribution in [0, 0.1) is 0 Å². The monoisotopic (exact) mass is 371 g/mol. The van der Waals surface area contributed by atoms with Crippen LogP contribution < -0.4 is 21.7 Å². The molecule has 0 aliphatic heterocycles. The largest absolute Gasteiger partial charge is 2.00 e. The Bertz CT molecular complexity index is 562. The molecule has 0 amide bonds. The Balaban J connectivity index is 0.00000441. The fourth-order valence-corrected chi connectivity index (χ4v) is 1.97. The maximum Gasteiger partial charge on any atom is 2.00 e. The van der Waals surface area contributed by atoms with Crippen molar-refractivity contribution in [2.24, 2.45) is 21.5 Å². The van der Waals surface area contributed by atoms with Gasteiger partial charge in [0, 0.05) is 6.21 Å². The van der Waals surface area contributed by atoms with Crippen LogP contribution in [0.5, 0.6) is 5.75 Å². The molecule has 0 heterocycles. The van der Waals surface area contributed by atoms with E-state index < -0.39 is 12.0 Å². The molecule has 123 valence electrons. The van der Waals surface area contributed by atoms with Gasteiger partial charge in [-0.05, 0) is 36.1 Å². The third-order valence-corrected chi connectivity index (χ3v) is 3.16. The van der Waals surface area contributed by atoms with Gasteiger partial charge in [-0.15, -0.1) is 0 Å². The van der Waals surface area contributed by atoms with Crippen molar-refractivity contribution in [3.8, 4) is 5.75 Å². The van der Waals surface area contributed by atoms with Crippen molar-refractivity contribution in [2.75, 3.05) is 12.0 Å². The number of carboxylic acids is 1. The number of hydrogen-bond acceptors (Lipinski definition) is 6. The molecule has 1 aromatic rings. The van der Waals surface area contributed by atoms with E-state index in [1.54, 1.807) is 0 Å². The Morgan fingerprint density at radius 3 is 2.68 bits per heavy atom. The van der Waals surface area contributed by atoms with E-state index in [-0.39, 0.29) is 34.3 Å². The van der Waals surface area contributed by atoms with Gasteiger partial charge < -0.3 is 26.5 Å². The summed E-state index contributed by atoms with van der Waals surface area (Å²) in [6.45, 7) is 0. The van der Waals surface area contributed by atoms with Gasteiger partial charge in [-0.1, -0.05) is 11.8 Å². The first-order valence-corrected chi connectivity index (χ1v) is 7.47. The molecule has 9 heteroatoms. The second-order valence-corrected chi connectivity index (χ2v) is 5.14. The smallest absolute Gasteiger partial charge is 0.872 e. The van der Waals surface area contributed by atoms with Crippen LogP contribution in [-0.4, -0.2) is 36.2 Å². The molecule has 7 nitrogen and oxygen atoms in total. The van der Waals surface area contributed by atoms with Crippen molar-refractivity contribution in [1.82, 2.24) is 0 Å². The summed E-state index contributed by atoms with van der Waals surface area (Å²) in [6.07, 6.45) is 3.42. The molecule has 0 saturated carbocycles. The number of hydrogen-bond donors (Lipinski definition) is 2. The third kappa shape index (κ3) is 6.84. The minimum absolute atomic E-state index is 0. The average Bonchev–Trinajstić information content (AvgIpc) is 2.41. The first-order chi connectivity index (χ1) is 9.93. The van der Waals surface area contributed by atoms with Crippen LogP contribution >= 0.6 is 11.8 Å². The second-order valence-electron chi connectivity index (χ2n) is 4.15. The van der Waals surface area contributed by atoms with Gasteiger partial charge in [-0.2, -0.15) is 11.8 Å². The molecule has 0 aromatic heterocycles. The zero-order chi connectivity index (χ0) is 15.8. The molecule has 0 aliphatic rings. The topological polar surface area (TPSA) is 140 Å². The Morgan fingerprint density at radius 2 is 2.14 bits per heavy atom. The van der Waals surface area contributed by atoms with E-state index in [0.717, 1.165) is 0 Å². The van der Waals surface area contributed by atoms with Gasteiger partial charge in [0.15, 0.2) is 5.96 Å². The first kappa shape index (κ1) is 20.3. The molecule has 0 bridgehead atoms. The molecule has 22 heavy (non-hydrogen) atoms. The SMILES string of the molecule is CSCC[C@H](N=Cc1cc(N=C(N)N)ccc1[O-])C(=O)[O-].[Cu+2]. The van der Waals surface area contributed by atoms with E-state index in [4.69, 9.17) is 11.5 Å². The summed E-state index contributed by atoms with van der Waals surface area (Å²) in [5.74, 6) is -1.07. The number of nitrogens with zero attached hydrogens (tertiary/aromatic N) is 2. The van der Waals surface area contributed by atoms with Gasteiger partial charge in [0.2, 0.25) is 0 Å². The number of guanidine groups is 1. The van der Waals surface area contributed by atoms with Gasteiger partial charge in [0.25, 0.3) is 0 Å². The molecule has 1 atom stereocenters. The minimum atomic E-state index is -1.27. The normalized spacial score (nSPS) is 11.7. The second kappa shape index (κ2) is 10.1. The van der Waals surface area contributed by atoms with Crippen LogP contribution in [0.3, 0.4) is 0 Å². The van der Waals surface area contributed by atoms with E-state index in [1.165, 1.54) is 36.2 Å². The van der Waals surface area contributed by atoms with Gasteiger partial charge >= 0.3 is 17.1 Å². The summed E-state index contributed by atoms with van der Waals surface area (Å²) >= 11 is 1.51. The predicted octanol–water partition coefficient (Wildman–Crippen LogP) is -1.05. The van der Waals surface area contributed by atoms with Crippen LogP contribution in [0.15, 0.2) is 28.2 Å². The molecular formula is C13H16CuN4O3S. The fraction of sp³-hybridized carbons (Fsp3) is 0.308. The number of rotatable bonds is 7. The van der Waals surface area contributed by atoms with E-state index in [1.807, 2.05) is 6.26 Å². The zero-order valence-corrected chi connectivity index (χ0v) is 13.5. The summed E-state index contributed by atoms with van der Waals surface area (Å²) in [7, 11) is 0. The number of aliphatic imine (C=N–C) groups is 2. The summed E-state index contributed by atoms with van der Waals surface area (Å²) in [5.41, 5.74) is 11.1. The third-order valence-electron chi connectivity index (χ3n) is 2.51. The maximum atomic E-state index is 11.7. The predicted molar refractivity (Wildman–Crippen MR) is 80.7 cm³/mol. The number of carboxylic acid groups (broad SMARTS) is 1. The van der Waals surface area contributed by atoms with Crippen LogP contribution in [0.1, 0.15) is 12.0 Å². The van der Waals surface area contributed by atoms with E-state index >= 15 is 0 Å². The van der Waals surface area contributed by atoms with Crippen molar-refractivity contribution in [2.45, 2.75) is 12.5 Å². The molecular weight excluding hydrogens is 356 g/mol. The van der Waals surface area contributed by atoms with Crippen molar-refractivity contribution >= 4 is 35.6 Å². The summed E-state index contributed by atoms with van der Waals surface area (Å²) in [5, 5.41) is 22.6. The Morgan fingerprint density at radius 1 is 1.45 bits per heavy atom. The van der Waals surface area contributed by atoms with E-state index in [9.17, 15) is 15.0 Å². The Kier molecular flexibility index (Phi) is 9.32. The average molecular weight is 372 g/mol. The molecule has 1 radical (unpaired) electrons. The zero-order valence-electron chi connectivity index (χ0n) is 11.8. The Labute approximate surface area is 143 Å². The summed E-state index contributed by atoms with van der Waals surface area (Å²) in [4.78, 5) is 18.7. The van der Waals surface area contributed by atoms with Crippen LogP contribution in [-0.2, 0) is 21.9 Å². The van der Waals surface area contributed by atoms with Gasteiger partial charge in [-0.25, -0.2) is 4.99 Å². The fourth-order valence-electron chi connectivity index (χ4n) is 1.51. The molecule has 1 aromatic carbocycles. The maximum absolute atomic E-state index is 11.7. The van der Waals surface area contributed by atoms with Crippen molar-refractivity contribution < 1.29 is 32.1 Å². The number of thioether (sulfide) groups is 1. The number of nitrogens with two attached hydrogens (primary N) is 2. The first-order valence-electron chi connectivity index (χ1n) is 6.07. The van der Waals surface area contributed by atoms with Crippen molar-refractivity contribution in [1.29, 1.82) is 0 Å². The molecule has 0 fully saturated rings. The van der Waals surface area contributed by atoms with Crippen LogP contribution in [0.25, 0.3) is 0 Å². The van der Waals surface area contributed by atoms with Gasteiger partial charge in [0.1, 0.15) is 0 Å². The number of aliphatic carboxylic acids is 1. The molecule has 0 saturated heterocycles. The number of benzene rings is 1. The minimum Gasteiger partial charge on any atom is -0.872 e. The van der Waals surface area contributed by atoms with Crippen LogP contribution in [0.4, 0.5) is 5.69 Å². The summed E-state index contributed by atoms with van der Waals surface area (Å²) < 4.78 is 0. The van der Waals surface area contributed by atoms with E-state index in [2.05, 4.69) is 9.98 Å². The molecule has 0 spiro atoms. The van der Waals surface area contributed by atoms with Gasteiger partial charge in [0.05, 0.1) is 17.7 Å². The van der Waals surface area contributed by atoms with Crippen molar-refractivity contribution in [3.63, 3.8) is 0 Å². The summed E-state index contributed by atoms with van der Waals surface area (Å²) in [6, 6.07) is 3.21. The van der Waals surface area contributed by atoms with E-state index in [0.29, 0.717) is 17.9 Å². The molecule has 1 rings (SSSR count). The quantitative estimate of drug-likeness (QED) is 0.356. The van der Waals surface area contributed by atoms with Crippen LogP contribution in [0.2, 0.25) is 0 Å².